The lowest BCUT2D eigenvalue weighted by atomic mass is 9.87. The van der Waals surface area contributed by atoms with Gasteiger partial charge in [-0.3, -0.25) is 0 Å². The molecule has 1 aliphatic rings. The predicted octanol–water partition coefficient (Wildman–Crippen LogP) is 1.87. The van der Waals surface area contributed by atoms with E-state index in [1.165, 1.54) is 0 Å². The molecular formula is C13H23NO3. The van der Waals surface area contributed by atoms with Gasteiger partial charge in [-0.05, 0) is 19.8 Å². The minimum absolute atomic E-state index is 0.0598. The van der Waals surface area contributed by atoms with E-state index in [0.717, 1.165) is 0 Å². The Bertz CT molecular complexity index is 281. The van der Waals surface area contributed by atoms with E-state index in [0.29, 0.717) is 25.4 Å². The standard InChI is InChI=1S/C13H23NO3/c1-9(2)12-7-13(8-14,5-6-16-12)17-11(4)10(3)15/h9-12,15H,5-7H2,1-4H3. The Morgan fingerprint density at radius 2 is 2.06 bits per heavy atom. The lowest BCUT2D eigenvalue weighted by Gasteiger charge is -2.39. The van der Waals surface area contributed by atoms with Crippen LogP contribution in [-0.2, 0) is 9.47 Å². The van der Waals surface area contributed by atoms with Gasteiger partial charge in [-0.25, -0.2) is 0 Å². The highest BCUT2D eigenvalue weighted by Crippen LogP contribution is 2.32. The molecule has 4 heteroatoms. The first kappa shape index (κ1) is 14.4. The molecule has 0 aromatic heterocycles. The van der Waals surface area contributed by atoms with E-state index in [1.807, 2.05) is 0 Å². The van der Waals surface area contributed by atoms with Gasteiger partial charge >= 0.3 is 0 Å². The number of hydrogen-bond acceptors (Lipinski definition) is 4. The van der Waals surface area contributed by atoms with Gasteiger partial charge < -0.3 is 14.6 Å². The van der Waals surface area contributed by atoms with Gasteiger partial charge in [0, 0.05) is 12.8 Å². The Balaban J connectivity index is 2.71. The van der Waals surface area contributed by atoms with E-state index in [2.05, 4.69) is 19.9 Å². The van der Waals surface area contributed by atoms with Gasteiger partial charge in [-0.2, -0.15) is 5.26 Å². The van der Waals surface area contributed by atoms with Crippen molar-refractivity contribution in [1.82, 2.24) is 0 Å². The van der Waals surface area contributed by atoms with Gasteiger partial charge in [0.05, 0.1) is 31.0 Å². The van der Waals surface area contributed by atoms with Crippen LogP contribution in [-0.4, -0.2) is 35.6 Å². The Kier molecular flexibility index (Phi) is 4.93. The average Bonchev–Trinajstić information content (AvgIpc) is 2.29. The molecule has 0 radical (unpaired) electrons. The van der Waals surface area contributed by atoms with E-state index in [4.69, 9.17) is 9.47 Å². The number of ether oxygens (including phenoxy) is 2. The Labute approximate surface area is 104 Å². The largest absolute Gasteiger partial charge is 0.391 e. The number of rotatable bonds is 4. The summed E-state index contributed by atoms with van der Waals surface area (Å²) in [6.07, 6.45) is 0.313. The normalized spacial score (nSPS) is 33.1. The van der Waals surface area contributed by atoms with Crippen molar-refractivity contribution >= 4 is 0 Å². The summed E-state index contributed by atoms with van der Waals surface area (Å²) in [6.45, 7) is 8.17. The second-order valence-corrected chi connectivity index (χ2v) is 5.28. The van der Waals surface area contributed by atoms with Crippen molar-refractivity contribution in [2.24, 2.45) is 5.92 Å². The van der Waals surface area contributed by atoms with Crippen molar-refractivity contribution in [3.05, 3.63) is 0 Å². The lowest BCUT2D eigenvalue weighted by molar-refractivity contribution is -0.159. The van der Waals surface area contributed by atoms with Gasteiger partial charge in [0.15, 0.2) is 5.60 Å². The maximum atomic E-state index is 9.47. The lowest BCUT2D eigenvalue weighted by Crippen LogP contribution is -2.47. The van der Waals surface area contributed by atoms with Crippen molar-refractivity contribution in [1.29, 1.82) is 5.26 Å². The van der Waals surface area contributed by atoms with E-state index < -0.39 is 11.7 Å². The van der Waals surface area contributed by atoms with Crippen molar-refractivity contribution in [3.63, 3.8) is 0 Å². The van der Waals surface area contributed by atoms with Crippen molar-refractivity contribution in [3.8, 4) is 6.07 Å². The fourth-order valence-electron chi connectivity index (χ4n) is 1.98. The molecule has 0 aromatic carbocycles. The highest BCUT2D eigenvalue weighted by atomic mass is 16.5. The molecule has 0 aliphatic carbocycles. The van der Waals surface area contributed by atoms with Gasteiger partial charge in [0.2, 0.25) is 0 Å². The van der Waals surface area contributed by atoms with Crippen LogP contribution >= 0.6 is 0 Å². The molecule has 0 amide bonds. The molecule has 17 heavy (non-hydrogen) atoms. The molecule has 98 valence electrons. The van der Waals surface area contributed by atoms with Crippen LogP contribution in [0.5, 0.6) is 0 Å². The molecule has 0 bridgehead atoms. The summed E-state index contributed by atoms with van der Waals surface area (Å²) in [5, 5.41) is 18.8. The fraction of sp³-hybridized carbons (Fsp3) is 0.923. The monoisotopic (exact) mass is 241 g/mol. The smallest absolute Gasteiger partial charge is 0.159 e. The number of nitriles is 1. The molecule has 1 fully saturated rings. The molecule has 1 aliphatic heterocycles. The minimum atomic E-state index is -0.802. The third-order valence-electron chi connectivity index (χ3n) is 3.41. The summed E-state index contributed by atoms with van der Waals surface area (Å²) in [7, 11) is 0. The summed E-state index contributed by atoms with van der Waals surface area (Å²) in [4.78, 5) is 0. The zero-order valence-corrected chi connectivity index (χ0v) is 11.1. The predicted molar refractivity (Wildman–Crippen MR) is 64.4 cm³/mol. The van der Waals surface area contributed by atoms with Gasteiger partial charge in [-0.15, -0.1) is 0 Å². The van der Waals surface area contributed by atoms with Crippen LogP contribution in [0.1, 0.15) is 40.5 Å². The molecule has 4 nitrogen and oxygen atoms in total. The third kappa shape index (κ3) is 3.67. The first-order valence-corrected chi connectivity index (χ1v) is 6.29. The van der Waals surface area contributed by atoms with Crippen molar-refractivity contribution in [2.75, 3.05) is 6.61 Å². The molecular weight excluding hydrogens is 218 g/mol. The number of nitrogens with zero attached hydrogens (tertiary/aromatic N) is 1. The van der Waals surface area contributed by atoms with Crippen molar-refractivity contribution < 1.29 is 14.6 Å². The fourth-order valence-corrected chi connectivity index (χ4v) is 1.98. The van der Waals surface area contributed by atoms with E-state index >= 15 is 0 Å². The van der Waals surface area contributed by atoms with Crippen LogP contribution < -0.4 is 0 Å². The van der Waals surface area contributed by atoms with Crippen molar-refractivity contribution in [2.45, 2.75) is 64.4 Å². The second kappa shape index (κ2) is 5.81. The highest BCUT2D eigenvalue weighted by molar-refractivity contribution is 5.06. The molecule has 1 rings (SSSR count). The summed E-state index contributed by atoms with van der Waals surface area (Å²) in [6, 6.07) is 2.27. The Morgan fingerprint density at radius 1 is 1.41 bits per heavy atom. The van der Waals surface area contributed by atoms with Crippen LogP contribution in [0.3, 0.4) is 0 Å². The summed E-state index contributed by atoms with van der Waals surface area (Å²) >= 11 is 0. The number of aliphatic hydroxyl groups excluding tert-OH is 1. The van der Waals surface area contributed by atoms with E-state index in [1.54, 1.807) is 13.8 Å². The maximum absolute atomic E-state index is 9.47. The zero-order valence-electron chi connectivity index (χ0n) is 11.1. The third-order valence-corrected chi connectivity index (χ3v) is 3.41. The average molecular weight is 241 g/mol. The second-order valence-electron chi connectivity index (χ2n) is 5.28. The number of hydrogen-bond donors (Lipinski definition) is 1. The van der Waals surface area contributed by atoms with Crippen LogP contribution in [0.15, 0.2) is 0 Å². The molecule has 1 N–H and O–H groups in total. The maximum Gasteiger partial charge on any atom is 0.159 e. The molecule has 4 unspecified atom stereocenters. The first-order valence-electron chi connectivity index (χ1n) is 6.29. The zero-order chi connectivity index (χ0) is 13.1. The minimum Gasteiger partial charge on any atom is -0.391 e. The number of aliphatic hydroxyl groups is 1. The summed E-state index contributed by atoms with van der Waals surface area (Å²) < 4.78 is 11.4. The molecule has 1 saturated heterocycles. The highest BCUT2D eigenvalue weighted by Gasteiger charge is 2.41. The summed E-state index contributed by atoms with van der Waals surface area (Å²) in [5.41, 5.74) is -0.802. The SMILES string of the molecule is CC(C)C1CC(C#N)(OC(C)C(C)O)CCO1. The van der Waals surface area contributed by atoms with Gasteiger partial charge in [0.1, 0.15) is 0 Å². The van der Waals surface area contributed by atoms with E-state index in [-0.39, 0.29) is 12.2 Å². The Hall–Kier alpha value is -0.630. The molecule has 0 spiro atoms. The summed E-state index contributed by atoms with van der Waals surface area (Å²) in [5.74, 6) is 0.369. The van der Waals surface area contributed by atoms with Gasteiger partial charge in [0.25, 0.3) is 0 Å². The van der Waals surface area contributed by atoms with Crippen LogP contribution in [0.2, 0.25) is 0 Å². The quantitative estimate of drug-likeness (QED) is 0.816. The van der Waals surface area contributed by atoms with Crippen LogP contribution in [0.4, 0.5) is 0 Å². The van der Waals surface area contributed by atoms with E-state index in [9.17, 15) is 10.4 Å². The van der Waals surface area contributed by atoms with Crippen LogP contribution in [0.25, 0.3) is 0 Å². The molecule has 1 heterocycles. The molecule has 4 atom stereocenters. The van der Waals surface area contributed by atoms with Gasteiger partial charge in [-0.1, -0.05) is 13.8 Å². The Morgan fingerprint density at radius 3 is 2.53 bits per heavy atom. The molecule has 0 saturated carbocycles. The topological polar surface area (TPSA) is 62.5 Å². The van der Waals surface area contributed by atoms with Crippen LogP contribution in [0, 0.1) is 17.2 Å². The first-order chi connectivity index (χ1) is 7.90. The molecule has 0 aromatic rings.